The van der Waals surface area contributed by atoms with Crippen LogP contribution in [-0.2, 0) is 16.1 Å². The van der Waals surface area contributed by atoms with E-state index in [0.29, 0.717) is 18.7 Å². The van der Waals surface area contributed by atoms with E-state index in [-0.39, 0.29) is 24.4 Å². The number of carbonyl (C=O) groups excluding carboxylic acids is 1. The Hall–Kier alpha value is -1.46. The van der Waals surface area contributed by atoms with E-state index in [1.54, 1.807) is 23.1 Å². The molecule has 1 amide bonds. The molecule has 0 unspecified atom stereocenters. The van der Waals surface area contributed by atoms with Gasteiger partial charge in [0.1, 0.15) is 12.4 Å². The standard InChI is InChI=1S/C14H18FNO3/c15-13-6-2-1-4-11(13)10-19-12-5-3-7-16(8-12)14(18)9-17/h1-2,4,6,12,17H,3,5,7-10H2/t12-/m0/s1. The van der Waals surface area contributed by atoms with Gasteiger partial charge in [-0.2, -0.15) is 0 Å². The highest BCUT2D eigenvalue weighted by molar-refractivity contribution is 5.77. The summed E-state index contributed by atoms with van der Waals surface area (Å²) < 4.78 is 19.1. The second kappa shape index (κ2) is 6.63. The van der Waals surface area contributed by atoms with Gasteiger partial charge in [-0.15, -0.1) is 0 Å². The Morgan fingerprint density at radius 1 is 1.47 bits per heavy atom. The number of aliphatic hydroxyl groups is 1. The molecule has 0 bridgehead atoms. The molecule has 1 aromatic carbocycles. The summed E-state index contributed by atoms with van der Waals surface area (Å²) in [5.74, 6) is -0.555. The topological polar surface area (TPSA) is 49.8 Å². The molecule has 1 aromatic rings. The summed E-state index contributed by atoms with van der Waals surface area (Å²) in [6.07, 6.45) is 1.60. The summed E-state index contributed by atoms with van der Waals surface area (Å²) in [5, 5.41) is 8.84. The number of halogens is 1. The first-order chi connectivity index (χ1) is 9.20. The Bertz CT molecular complexity index is 438. The van der Waals surface area contributed by atoms with E-state index in [4.69, 9.17) is 9.84 Å². The Labute approximate surface area is 111 Å². The van der Waals surface area contributed by atoms with Crippen molar-refractivity contribution in [3.8, 4) is 0 Å². The number of likely N-dealkylation sites (tertiary alicyclic amines) is 1. The van der Waals surface area contributed by atoms with Gasteiger partial charge in [0.2, 0.25) is 5.91 Å². The van der Waals surface area contributed by atoms with Gasteiger partial charge in [-0.1, -0.05) is 18.2 Å². The molecule has 1 atom stereocenters. The monoisotopic (exact) mass is 267 g/mol. The average Bonchev–Trinajstić information content (AvgIpc) is 2.46. The molecule has 2 rings (SSSR count). The highest BCUT2D eigenvalue weighted by Gasteiger charge is 2.23. The third-order valence-corrected chi connectivity index (χ3v) is 3.30. The van der Waals surface area contributed by atoms with Gasteiger partial charge in [-0.25, -0.2) is 4.39 Å². The van der Waals surface area contributed by atoms with Crippen molar-refractivity contribution in [2.24, 2.45) is 0 Å². The van der Waals surface area contributed by atoms with E-state index in [1.165, 1.54) is 6.07 Å². The van der Waals surface area contributed by atoms with Gasteiger partial charge in [-0.3, -0.25) is 4.79 Å². The van der Waals surface area contributed by atoms with E-state index >= 15 is 0 Å². The summed E-state index contributed by atoms with van der Waals surface area (Å²) in [5.41, 5.74) is 0.521. The highest BCUT2D eigenvalue weighted by atomic mass is 19.1. The van der Waals surface area contributed by atoms with Gasteiger partial charge < -0.3 is 14.7 Å². The molecule has 0 saturated carbocycles. The van der Waals surface area contributed by atoms with Crippen LogP contribution in [0.15, 0.2) is 24.3 Å². The summed E-state index contributed by atoms with van der Waals surface area (Å²) in [4.78, 5) is 13.0. The van der Waals surface area contributed by atoms with Crippen LogP contribution in [0.25, 0.3) is 0 Å². The van der Waals surface area contributed by atoms with E-state index in [0.717, 1.165) is 12.8 Å². The molecule has 104 valence electrons. The second-order valence-corrected chi connectivity index (χ2v) is 4.66. The van der Waals surface area contributed by atoms with Gasteiger partial charge in [0.25, 0.3) is 0 Å². The highest BCUT2D eigenvalue weighted by Crippen LogP contribution is 2.16. The minimum absolute atomic E-state index is 0.0937. The number of piperidine rings is 1. The lowest BCUT2D eigenvalue weighted by Gasteiger charge is -2.32. The zero-order chi connectivity index (χ0) is 13.7. The fourth-order valence-electron chi connectivity index (χ4n) is 2.22. The SMILES string of the molecule is O=C(CO)N1CCC[C@H](OCc2ccccc2F)C1. The van der Waals surface area contributed by atoms with Crippen molar-refractivity contribution < 1.29 is 19.0 Å². The van der Waals surface area contributed by atoms with Crippen LogP contribution in [0.1, 0.15) is 18.4 Å². The molecular formula is C14H18FNO3. The molecule has 0 aliphatic carbocycles. The number of benzene rings is 1. The summed E-state index contributed by atoms with van der Waals surface area (Å²) in [6, 6.07) is 6.50. The van der Waals surface area contributed by atoms with Crippen molar-refractivity contribution >= 4 is 5.91 Å². The summed E-state index contributed by atoms with van der Waals surface area (Å²) in [7, 11) is 0. The quantitative estimate of drug-likeness (QED) is 0.895. The minimum atomic E-state index is -0.472. The fourth-order valence-corrected chi connectivity index (χ4v) is 2.22. The Morgan fingerprint density at radius 2 is 2.26 bits per heavy atom. The van der Waals surface area contributed by atoms with Gasteiger partial charge in [0, 0.05) is 18.7 Å². The normalized spacial score (nSPS) is 19.5. The van der Waals surface area contributed by atoms with Gasteiger partial charge in [-0.05, 0) is 18.9 Å². The molecule has 0 aromatic heterocycles. The molecule has 1 aliphatic heterocycles. The predicted octanol–water partition coefficient (Wildman–Crippen LogP) is 1.33. The number of ether oxygens (including phenoxy) is 1. The second-order valence-electron chi connectivity index (χ2n) is 4.66. The van der Waals surface area contributed by atoms with Gasteiger partial charge in [0.05, 0.1) is 12.7 Å². The van der Waals surface area contributed by atoms with Crippen LogP contribution in [-0.4, -0.2) is 41.7 Å². The van der Waals surface area contributed by atoms with Crippen LogP contribution in [0, 0.1) is 5.82 Å². The lowest BCUT2D eigenvalue weighted by molar-refractivity contribution is -0.138. The van der Waals surface area contributed by atoms with E-state index in [2.05, 4.69) is 0 Å². The maximum atomic E-state index is 13.4. The summed E-state index contributed by atoms with van der Waals surface area (Å²) >= 11 is 0. The molecule has 19 heavy (non-hydrogen) atoms. The van der Waals surface area contributed by atoms with Crippen molar-refractivity contribution in [3.63, 3.8) is 0 Å². The first kappa shape index (κ1) is 14.0. The molecular weight excluding hydrogens is 249 g/mol. The van der Waals surface area contributed by atoms with Crippen molar-refractivity contribution in [3.05, 3.63) is 35.6 Å². The third kappa shape index (κ3) is 3.75. The van der Waals surface area contributed by atoms with Crippen molar-refractivity contribution in [2.45, 2.75) is 25.6 Å². The van der Waals surface area contributed by atoms with E-state index in [1.807, 2.05) is 0 Å². The van der Waals surface area contributed by atoms with Gasteiger partial charge >= 0.3 is 0 Å². The van der Waals surface area contributed by atoms with Crippen molar-refractivity contribution in [1.82, 2.24) is 4.90 Å². The number of nitrogens with zero attached hydrogens (tertiary/aromatic N) is 1. The maximum Gasteiger partial charge on any atom is 0.248 e. The molecule has 0 spiro atoms. The number of carbonyl (C=O) groups is 1. The first-order valence-corrected chi connectivity index (χ1v) is 6.44. The van der Waals surface area contributed by atoms with E-state index < -0.39 is 6.61 Å². The first-order valence-electron chi connectivity index (χ1n) is 6.44. The zero-order valence-corrected chi connectivity index (χ0v) is 10.7. The molecule has 1 N–H and O–H groups in total. The molecule has 1 saturated heterocycles. The minimum Gasteiger partial charge on any atom is -0.387 e. The number of hydrogen-bond acceptors (Lipinski definition) is 3. The molecule has 1 fully saturated rings. The number of amides is 1. The van der Waals surface area contributed by atoms with Crippen LogP contribution in [0.4, 0.5) is 4.39 Å². The number of hydrogen-bond donors (Lipinski definition) is 1. The average molecular weight is 267 g/mol. The molecule has 1 heterocycles. The molecule has 1 aliphatic rings. The van der Waals surface area contributed by atoms with Crippen molar-refractivity contribution in [2.75, 3.05) is 19.7 Å². The van der Waals surface area contributed by atoms with Crippen LogP contribution >= 0.6 is 0 Å². The smallest absolute Gasteiger partial charge is 0.248 e. The largest absolute Gasteiger partial charge is 0.387 e. The van der Waals surface area contributed by atoms with Gasteiger partial charge in [0.15, 0.2) is 0 Å². The maximum absolute atomic E-state index is 13.4. The van der Waals surface area contributed by atoms with Crippen LogP contribution in [0.3, 0.4) is 0 Å². The Morgan fingerprint density at radius 3 is 3.00 bits per heavy atom. The summed E-state index contributed by atoms with van der Waals surface area (Å²) in [6.45, 7) is 0.853. The lowest BCUT2D eigenvalue weighted by atomic mass is 10.1. The predicted molar refractivity (Wildman–Crippen MR) is 67.9 cm³/mol. The van der Waals surface area contributed by atoms with E-state index in [9.17, 15) is 9.18 Å². The molecule has 4 nitrogen and oxygen atoms in total. The Balaban J connectivity index is 1.86. The third-order valence-electron chi connectivity index (χ3n) is 3.30. The zero-order valence-electron chi connectivity index (χ0n) is 10.7. The molecule has 0 radical (unpaired) electrons. The number of rotatable bonds is 4. The van der Waals surface area contributed by atoms with Crippen molar-refractivity contribution in [1.29, 1.82) is 0 Å². The fraction of sp³-hybridized carbons (Fsp3) is 0.500. The Kier molecular flexibility index (Phi) is 4.87. The van der Waals surface area contributed by atoms with Crippen LogP contribution in [0.5, 0.6) is 0 Å². The van der Waals surface area contributed by atoms with Crippen LogP contribution < -0.4 is 0 Å². The van der Waals surface area contributed by atoms with Crippen LogP contribution in [0.2, 0.25) is 0 Å². The molecule has 5 heteroatoms. The lowest BCUT2D eigenvalue weighted by Crippen LogP contribution is -2.44. The number of aliphatic hydroxyl groups excluding tert-OH is 1.